The maximum absolute atomic E-state index is 11.2. The first-order valence-corrected chi connectivity index (χ1v) is 10.4. The van der Waals surface area contributed by atoms with Crippen LogP contribution in [0.3, 0.4) is 0 Å². The number of aromatic nitrogens is 3. The number of carboxylic acid groups (broad SMARTS) is 1. The molecule has 2 unspecified atom stereocenters. The molecule has 0 radical (unpaired) electrons. The van der Waals surface area contributed by atoms with Gasteiger partial charge in [-0.1, -0.05) is 59.7 Å². The van der Waals surface area contributed by atoms with Gasteiger partial charge in [0.05, 0.1) is 17.9 Å². The van der Waals surface area contributed by atoms with Gasteiger partial charge in [0.1, 0.15) is 17.4 Å². The highest BCUT2D eigenvalue weighted by Gasteiger charge is 2.17. The minimum Gasteiger partial charge on any atom is -0.485 e. The number of nitrogens with zero attached hydrogens (tertiary/aromatic N) is 2. The quantitative estimate of drug-likeness (QED) is 0.392. The zero-order valence-corrected chi connectivity index (χ0v) is 17.7. The van der Waals surface area contributed by atoms with Crippen LogP contribution in [0.2, 0.25) is 0 Å². The molecule has 32 heavy (non-hydrogen) atoms. The molecule has 1 heterocycles. The Hall–Kier alpha value is -4.11. The van der Waals surface area contributed by atoms with Crippen LogP contribution >= 0.6 is 0 Å². The van der Waals surface area contributed by atoms with Gasteiger partial charge in [0.25, 0.3) is 0 Å². The average molecular weight is 425 g/mol. The Balaban J connectivity index is 1.60. The predicted molar refractivity (Wildman–Crippen MR) is 122 cm³/mol. The molecule has 3 aromatic carbocycles. The van der Waals surface area contributed by atoms with Crippen LogP contribution in [0.15, 0.2) is 72.8 Å². The van der Waals surface area contributed by atoms with E-state index in [1.165, 1.54) is 0 Å². The number of hydrogen-bond acceptors (Lipinski definition) is 4. The first kappa shape index (κ1) is 21.1. The van der Waals surface area contributed by atoms with Crippen molar-refractivity contribution in [1.29, 1.82) is 0 Å². The molecule has 0 aliphatic carbocycles. The number of aromatic amines is 1. The van der Waals surface area contributed by atoms with Gasteiger partial charge in [-0.2, -0.15) is 0 Å². The molecule has 6 heteroatoms. The van der Waals surface area contributed by atoms with Crippen LogP contribution in [-0.4, -0.2) is 26.5 Å². The van der Waals surface area contributed by atoms with Gasteiger partial charge in [-0.25, -0.2) is 0 Å². The van der Waals surface area contributed by atoms with Crippen LogP contribution in [0, 0.1) is 11.8 Å². The average Bonchev–Trinajstić information content (AvgIpc) is 3.27. The van der Waals surface area contributed by atoms with E-state index in [1.807, 2.05) is 60.7 Å². The highest BCUT2D eigenvalue weighted by atomic mass is 16.5. The van der Waals surface area contributed by atoms with E-state index in [4.69, 9.17) is 9.84 Å². The zero-order chi connectivity index (χ0) is 22.3. The van der Waals surface area contributed by atoms with Crippen LogP contribution in [0.25, 0.3) is 11.0 Å². The third-order valence-electron chi connectivity index (χ3n) is 5.24. The molecular weight excluding hydrogens is 402 g/mol. The number of benzene rings is 3. The molecule has 0 aliphatic heterocycles. The zero-order valence-electron chi connectivity index (χ0n) is 17.7. The normalized spacial score (nSPS) is 12.5. The first-order valence-electron chi connectivity index (χ1n) is 10.4. The fourth-order valence-corrected chi connectivity index (χ4v) is 3.66. The van der Waals surface area contributed by atoms with E-state index in [2.05, 4.69) is 39.4 Å². The summed E-state index contributed by atoms with van der Waals surface area (Å²) in [5.41, 5.74) is 4.68. The topological polar surface area (TPSA) is 88.1 Å². The lowest BCUT2D eigenvalue weighted by atomic mass is 9.96. The fourth-order valence-electron chi connectivity index (χ4n) is 3.66. The molecule has 4 aromatic rings. The summed E-state index contributed by atoms with van der Waals surface area (Å²) in [6.45, 7) is 1.71. The van der Waals surface area contributed by atoms with Gasteiger partial charge in [0.15, 0.2) is 0 Å². The van der Waals surface area contributed by atoms with Gasteiger partial charge in [-0.3, -0.25) is 9.89 Å². The van der Waals surface area contributed by atoms with Gasteiger partial charge in [0, 0.05) is 6.42 Å². The van der Waals surface area contributed by atoms with Crippen LogP contribution in [0.5, 0.6) is 5.75 Å². The number of rotatable bonds is 8. The van der Waals surface area contributed by atoms with Gasteiger partial charge in [-0.15, -0.1) is 11.0 Å². The molecule has 0 amide bonds. The molecule has 2 N–H and O–H groups in total. The van der Waals surface area contributed by atoms with E-state index < -0.39 is 5.97 Å². The molecule has 4 rings (SSSR count). The summed E-state index contributed by atoms with van der Waals surface area (Å²) >= 11 is 0. The lowest BCUT2D eigenvalue weighted by Gasteiger charge is -2.20. The maximum atomic E-state index is 11.2. The van der Waals surface area contributed by atoms with E-state index in [0.717, 1.165) is 27.7 Å². The monoisotopic (exact) mass is 425 g/mol. The third kappa shape index (κ3) is 5.13. The highest BCUT2D eigenvalue weighted by Crippen LogP contribution is 2.29. The number of carboxylic acids is 1. The second kappa shape index (κ2) is 9.80. The highest BCUT2D eigenvalue weighted by molar-refractivity contribution is 5.74. The van der Waals surface area contributed by atoms with Crippen molar-refractivity contribution in [3.8, 4) is 17.6 Å². The number of fused-ring (bicyclic) bond motifs is 1. The molecule has 0 bridgehead atoms. The van der Waals surface area contributed by atoms with Crippen molar-refractivity contribution in [2.75, 3.05) is 0 Å². The Labute approximate surface area is 186 Å². The molecule has 2 atom stereocenters. The Morgan fingerprint density at radius 2 is 1.81 bits per heavy atom. The fraction of sp³-hybridized carbons (Fsp3) is 0.192. The van der Waals surface area contributed by atoms with Crippen molar-refractivity contribution in [2.45, 2.75) is 31.8 Å². The summed E-state index contributed by atoms with van der Waals surface area (Å²) in [6.07, 6.45) is 0.430. The SMILES string of the molecule is CC#CC(CC(=O)O)c1ccc(OC(Cc2ccccc2)c2ccc3[nH]nnc3c2)cc1. The molecule has 1 aromatic heterocycles. The van der Waals surface area contributed by atoms with E-state index in [1.54, 1.807) is 6.92 Å². The molecular formula is C26H23N3O3. The van der Waals surface area contributed by atoms with Gasteiger partial charge in [-0.05, 0) is 47.9 Å². The van der Waals surface area contributed by atoms with Crippen LogP contribution < -0.4 is 4.74 Å². The van der Waals surface area contributed by atoms with Crippen molar-refractivity contribution < 1.29 is 14.6 Å². The molecule has 160 valence electrons. The van der Waals surface area contributed by atoms with Crippen LogP contribution in [0.1, 0.15) is 42.1 Å². The van der Waals surface area contributed by atoms with E-state index in [9.17, 15) is 4.79 Å². The number of nitrogens with one attached hydrogen (secondary N) is 1. The number of H-pyrrole nitrogens is 1. The van der Waals surface area contributed by atoms with Gasteiger partial charge in [0.2, 0.25) is 0 Å². The van der Waals surface area contributed by atoms with Gasteiger partial charge < -0.3 is 9.84 Å². The molecule has 0 saturated heterocycles. The number of ether oxygens (including phenoxy) is 1. The van der Waals surface area contributed by atoms with Crippen molar-refractivity contribution in [3.05, 3.63) is 89.5 Å². The smallest absolute Gasteiger partial charge is 0.304 e. The summed E-state index contributed by atoms with van der Waals surface area (Å²) in [5.74, 6) is 5.28. The van der Waals surface area contributed by atoms with E-state index in [0.29, 0.717) is 12.2 Å². The largest absolute Gasteiger partial charge is 0.485 e. The lowest BCUT2D eigenvalue weighted by molar-refractivity contribution is -0.137. The van der Waals surface area contributed by atoms with Gasteiger partial charge >= 0.3 is 5.97 Å². The van der Waals surface area contributed by atoms with Crippen LogP contribution in [0.4, 0.5) is 0 Å². The van der Waals surface area contributed by atoms with Crippen molar-refractivity contribution in [1.82, 2.24) is 15.4 Å². The Morgan fingerprint density at radius 3 is 2.53 bits per heavy atom. The van der Waals surface area contributed by atoms with Crippen molar-refractivity contribution in [2.24, 2.45) is 0 Å². The Morgan fingerprint density at radius 1 is 1.06 bits per heavy atom. The Kier molecular flexibility index (Phi) is 6.47. The summed E-state index contributed by atoms with van der Waals surface area (Å²) in [6, 6.07) is 23.6. The molecule has 6 nitrogen and oxygen atoms in total. The number of hydrogen-bond donors (Lipinski definition) is 2. The minimum atomic E-state index is -0.871. The summed E-state index contributed by atoms with van der Waals surface area (Å²) < 4.78 is 6.40. The van der Waals surface area contributed by atoms with Crippen molar-refractivity contribution in [3.63, 3.8) is 0 Å². The molecule has 0 saturated carbocycles. The second-order valence-electron chi connectivity index (χ2n) is 7.50. The standard InChI is InChI=1S/C26H23N3O3/c1-2-6-20(17-26(30)31)19-9-12-22(13-10-19)32-25(15-18-7-4-3-5-8-18)21-11-14-23-24(16-21)28-29-27-23/h3-5,7-14,16,20,25H,15,17H2,1H3,(H,30,31)(H,27,28,29). The lowest BCUT2D eigenvalue weighted by Crippen LogP contribution is -2.11. The molecule has 0 spiro atoms. The number of aliphatic carboxylic acids is 1. The first-order chi connectivity index (χ1) is 15.6. The van der Waals surface area contributed by atoms with E-state index in [-0.39, 0.29) is 18.4 Å². The maximum Gasteiger partial charge on any atom is 0.304 e. The Bertz CT molecular complexity index is 1250. The van der Waals surface area contributed by atoms with Crippen molar-refractivity contribution >= 4 is 17.0 Å². The van der Waals surface area contributed by atoms with E-state index >= 15 is 0 Å². The molecule has 0 aliphatic rings. The summed E-state index contributed by atoms with van der Waals surface area (Å²) in [4.78, 5) is 11.2. The van der Waals surface area contributed by atoms with Crippen LogP contribution in [-0.2, 0) is 11.2 Å². The second-order valence-corrected chi connectivity index (χ2v) is 7.50. The summed E-state index contributed by atoms with van der Waals surface area (Å²) in [7, 11) is 0. The molecule has 0 fully saturated rings. The summed E-state index contributed by atoms with van der Waals surface area (Å²) in [5, 5.41) is 20.0. The predicted octanol–water partition coefficient (Wildman–Crippen LogP) is 4.90. The number of carbonyl (C=O) groups is 1. The minimum absolute atomic E-state index is 0.0324. The third-order valence-corrected chi connectivity index (χ3v) is 5.24.